The van der Waals surface area contributed by atoms with Gasteiger partial charge in [0.15, 0.2) is 11.2 Å². The van der Waals surface area contributed by atoms with Gasteiger partial charge in [0.25, 0.3) is 5.56 Å². The van der Waals surface area contributed by atoms with Crippen LogP contribution >= 0.6 is 15.9 Å². The highest BCUT2D eigenvalue weighted by molar-refractivity contribution is 9.10. The first-order chi connectivity index (χ1) is 8.74. The van der Waals surface area contributed by atoms with E-state index in [9.17, 15) is 4.79 Å². The third kappa shape index (κ3) is 2.16. The van der Waals surface area contributed by atoms with Crippen molar-refractivity contribution in [3.63, 3.8) is 0 Å². The molecule has 0 saturated heterocycles. The van der Waals surface area contributed by atoms with Gasteiger partial charge >= 0.3 is 0 Å². The molecular formula is C12H13BrN4O. The predicted molar refractivity (Wildman–Crippen MR) is 71.5 cm³/mol. The van der Waals surface area contributed by atoms with E-state index in [1.807, 2.05) is 0 Å². The fraction of sp³-hybridized carbons (Fsp3) is 0.500. The van der Waals surface area contributed by atoms with Crippen molar-refractivity contribution >= 4 is 27.1 Å². The van der Waals surface area contributed by atoms with Crippen molar-refractivity contribution in [2.75, 3.05) is 0 Å². The first-order valence-electron chi connectivity index (χ1n) is 6.16. The zero-order valence-corrected chi connectivity index (χ0v) is 11.4. The zero-order chi connectivity index (χ0) is 12.5. The van der Waals surface area contributed by atoms with Crippen LogP contribution in [0.4, 0.5) is 0 Å². The molecule has 1 aliphatic rings. The lowest BCUT2D eigenvalue weighted by molar-refractivity contribution is 0.428. The number of nitrogens with one attached hydrogen (secondary N) is 1. The van der Waals surface area contributed by atoms with Crippen molar-refractivity contribution in [1.29, 1.82) is 0 Å². The molecule has 1 saturated carbocycles. The number of nitrogens with zero attached hydrogens (tertiary/aromatic N) is 3. The van der Waals surface area contributed by atoms with Crippen LogP contribution in [0.2, 0.25) is 0 Å². The fourth-order valence-corrected chi connectivity index (χ4v) is 2.75. The fourth-order valence-electron chi connectivity index (χ4n) is 2.48. The second-order valence-corrected chi connectivity index (χ2v) is 5.46. The van der Waals surface area contributed by atoms with Crippen LogP contribution in [0.15, 0.2) is 15.6 Å². The SMILES string of the molecule is O=c1[nH]c(C2CCCCC2)nc2nc(Br)cnc12. The highest BCUT2D eigenvalue weighted by Crippen LogP contribution is 2.30. The van der Waals surface area contributed by atoms with E-state index < -0.39 is 0 Å². The number of aromatic nitrogens is 4. The Kier molecular flexibility index (Phi) is 3.11. The largest absolute Gasteiger partial charge is 0.308 e. The molecular weight excluding hydrogens is 296 g/mol. The maximum Gasteiger partial charge on any atom is 0.279 e. The van der Waals surface area contributed by atoms with Gasteiger partial charge in [-0.15, -0.1) is 0 Å². The average molecular weight is 309 g/mol. The van der Waals surface area contributed by atoms with Gasteiger partial charge in [0.2, 0.25) is 0 Å². The minimum Gasteiger partial charge on any atom is -0.308 e. The Labute approximate surface area is 112 Å². The minimum atomic E-state index is -0.194. The summed E-state index contributed by atoms with van der Waals surface area (Å²) >= 11 is 3.25. The molecule has 94 valence electrons. The number of halogens is 1. The quantitative estimate of drug-likeness (QED) is 0.878. The molecule has 1 N–H and O–H groups in total. The van der Waals surface area contributed by atoms with E-state index in [2.05, 4.69) is 35.9 Å². The van der Waals surface area contributed by atoms with Gasteiger partial charge in [0.05, 0.1) is 6.20 Å². The van der Waals surface area contributed by atoms with E-state index in [-0.39, 0.29) is 5.56 Å². The molecule has 0 aromatic carbocycles. The molecule has 3 rings (SSSR count). The van der Waals surface area contributed by atoms with Gasteiger partial charge < -0.3 is 4.98 Å². The maximum atomic E-state index is 11.9. The Morgan fingerprint density at radius 3 is 2.78 bits per heavy atom. The Hall–Kier alpha value is -1.30. The van der Waals surface area contributed by atoms with Crippen molar-refractivity contribution in [3.05, 3.63) is 27.0 Å². The summed E-state index contributed by atoms with van der Waals surface area (Å²) < 4.78 is 0.600. The van der Waals surface area contributed by atoms with Gasteiger partial charge in [-0.2, -0.15) is 0 Å². The monoisotopic (exact) mass is 308 g/mol. The van der Waals surface area contributed by atoms with E-state index in [4.69, 9.17) is 0 Å². The third-order valence-electron chi connectivity index (χ3n) is 3.40. The van der Waals surface area contributed by atoms with Crippen molar-refractivity contribution in [1.82, 2.24) is 19.9 Å². The number of hydrogen-bond acceptors (Lipinski definition) is 4. The van der Waals surface area contributed by atoms with E-state index in [1.165, 1.54) is 25.5 Å². The summed E-state index contributed by atoms with van der Waals surface area (Å²) in [5.41, 5.74) is 0.534. The molecule has 2 aromatic rings. The topological polar surface area (TPSA) is 71.5 Å². The van der Waals surface area contributed by atoms with Crippen molar-refractivity contribution in [2.24, 2.45) is 0 Å². The predicted octanol–water partition coefficient (Wildman–Crippen LogP) is 2.52. The van der Waals surface area contributed by atoms with Crippen molar-refractivity contribution < 1.29 is 0 Å². The lowest BCUT2D eigenvalue weighted by Crippen LogP contribution is -2.18. The van der Waals surface area contributed by atoms with Crippen molar-refractivity contribution in [3.8, 4) is 0 Å². The Morgan fingerprint density at radius 1 is 1.22 bits per heavy atom. The minimum absolute atomic E-state index is 0.194. The number of hydrogen-bond donors (Lipinski definition) is 1. The number of rotatable bonds is 1. The maximum absolute atomic E-state index is 11.9. The van der Waals surface area contributed by atoms with E-state index in [1.54, 1.807) is 0 Å². The first-order valence-corrected chi connectivity index (χ1v) is 6.96. The molecule has 0 spiro atoms. The van der Waals surface area contributed by atoms with Crippen LogP contribution in [0.25, 0.3) is 11.2 Å². The smallest absolute Gasteiger partial charge is 0.279 e. The molecule has 2 aromatic heterocycles. The number of H-pyrrole nitrogens is 1. The highest BCUT2D eigenvalue weighted by Gasteiger charge is 2.19. The summed E-state index contributed by atoms with van der Waals surface area (Å²) in [6, 6.07) is 0. The van der Waals surface area contributed by atoms with Gasteiger partial charge in [-0.1, -0.05) is 19.3 Å². The standard InChI is InChI=1S/C12H13BrN4O/c13-8-6-14-9-11(15-8)16-10(17-12(9)18)7-4-2-1-3-5-7/h6-7H,1-5H2,(H,15,16,17,18). The van der Waals surface area contributed by atoms with Crippen molar-refractivity contribution in [2.45, 2.75) is 38.0 Å². The molecule has 1 fully saturated rings. The van der Waals surface area contributed by atoms with Crippen LogP contribution < -0.4 is 5.56 Å². The van der Waals surface area contributed by atoms with E-state index >= 15 is 0 Å². The molecule has 5 nitrogen and oxygen atoms in total. The van der Waals surface area contributed by atoms with Crippen LogP contribution in [0, 0.1) is 0 Å². The van der Waals surface area contributed by atoms with Gasteiger partial charge in [0, 0.05) is 5.92 Å². The molecule has 1 aliphatic carbocycles. The second kappa shape index (κ2) is 4.76. The summed E-state index contributed by atoms with van der Waals surface area (Å²) in [6.07, 6.45) is 7.39. The van der Waals surface area contributed by atoms with Gasteiger partial charge in [0.1, 0.15) is 10.4 Å². The van der Waals surface area contributed by atoms with Gasteiger partial charge in [-0.05, 0) is 28.8 Å². The van der Waals surface area contributed by atoms with Gasteiger partial charge in [-0.3, -0.25) is 4.79 Å². The molecule has 0 aliphatic heterocycles. The van der Waals surface area contributed by atoms with Crippen LogP contribution in [0.5, 0.6) is 0 Å². The molecule has 0 bridgehead atoms. The second-order valence-electron chi connectivity index (χ2n) is 4.65. The molecule has 0 radical (unpaired) electrons. The Balaban J connectivity index is 2.10. The molecule has 2 heterocycles. The zero-order valence-electron chi connectivity index (χ0n) is 9.82. The summed E-state index contributed by atoms with van der Waals surface area (Å²) in [5, 5.41) is 0. The van der Waals surface area contributed by atoms with Gasteiger partial charge in [-0.25, -0.2) is 15.0 Å². The third-order valence-corrected chi connectivity index (χ3v) is 3.78. The Morgan fingerprint density at radius 2 is 2.00 bits per heavy atom. The van der Waals surface area contributed by atoms with E-state index in [0.717, 1.165) is 18.7 Å². The Bertz CT molecular complexity index is 634. The summed E-state index contributed by atoms with van der Waals surface area (Å²) in [7, 11) is 0. The summed E-state index contributed by atoms with van der Waals surface area (Å²) in [4.78, 5) is 27.5. The molecule has 0 atom stereocenters. The summed E-state index contributed by atoms with van der Waals surface area (Å²) in [6.45, 7) is 0. The lowest BCUT2D eigenvalue weighted by atomic mass is 9.89. The highest BCUT2D eigenvalue weighted by atomic mass is 79.9. The van der Waals surface area contributed by atoms with Crippen LogP contribution in [0.1, 0.15) is 43.8 Å². The van der Waals surface area contributed by atoms with E-state index in [0.29, 0.717) is 21.7 Å². The first kappa shape index (κ1) is 11.8. The molecule has 0 unspecified atom stereocenters. The molecule has 6 heteroatoms. The van der Waals surface area contributed by atoms with Crippen LogP contribution in [-0.2, 0) is 0 Å². The lowest BCUT2D eigenvalue weighted by Gasteiger charge is -2.20. The van der Waals surface area contributed by atoms with Crippen LogP contribution in [0.3, 0.4) is 0 Å². The normalized spacial score (nSPS) is 17.2. The summed E-state index contributed by atoms with van der Waals surface area (Å²) in [5.74, 6) is 1.12. The average Bonchev–Trinajstić information content (AvgIpc) is 2.39. The number of aromatic amines is 1. The van der Waals surface area contributed by atoms with Crippen LogP contribution in [-0.4, -0.2) is 19.9 Å². The number of fused-ring (bicyclic) bond motifs is 1. The molecule has 18 heavy (non-hydrogen) atoms. The molecule has 0 amide bonds.